The van der Waals surface area contributed by atoms with E-state index < -0.39 is 0 Å². The molecule has 0 aliphatic heterocycles. The summed E-state index contributed by atoms with van der Waals surface area (Å²) in [6.07, 6.45) is 25.4. The molecule has 0 saturated carbocycles. The Morgan fingerprint density at radius 1 is 0.421 bits per heavy atom. The van der Waals surface area contributed by atoms with E-state index in [1.165, 1.54) is 103 Å². The van der Waals surface area contributed by atoms with E-state index in [1.807, 2.05) is 0 Å². The second kappa shape index (κ2) is 18.0. The Morgan fingerprint density at radius 3 is 1.11 bits per heavy atom. The van der Waals surface area contributed by atoms with E-state index in [2.05, 4.69) is 20.3 Å². The van der Waals surface area contributed by atoms with E-state index in [4.69, 9.17) is 0 Å². The van der Waals surface area contributed by atoms with Crippen molar-refractivity contribution in [2.24, 2.45) is 0 Å². The molecule has 0 spiro atoms. The maximum absolute atomic E-state index is 2.54. The van der Waals surface area contributed by atoms with Crippen LogP contribution >= 0.6 is 0 Å². The molecule has 0 bridgehead atoms. The molecular formula is C19H39. The number of unbranched alkanes of at least 4 members (excludes halogenated alkanes) is 16. The van der Waals surface area contributed by atoms with Crippen molar-refractivity contribution < 1.29 is 0 Å². The molecule has 0 heterocycles. The highest BCUT2D eigenvalue weighted by Gasteiger charge is 1.94. The van der Waals surface area contributed by atoms with Gasteiger partial charge in [0.15, 0.2) is 0 Å². The summed E-state index contributed by atoms with van der Waals surface area (Å²) in [5.74, 6) is 0. The lowest BCUT2D eigenvalue weighted by Crippen LogP contribution is -1.84. The van der Waals surface area contributed by atoms with E-state index in [-0.39, 0.29) is 0 Å². The topological polar surface area (TPSA) is 0 Å². The van der Waals surface area contributed by atoms with Gasteiger partial charge in [-0.3, -0.25) is 0 Å². The zero-order valence-electron chi connectivity index (χ0n) is 13.9. The van der Waals surface area contributed by atoms with Crippen LogP contribution in [0.1, 0.15) is 117 Å². The molecule has 0 aliphatic rings. The Bertz CT molecular complexity index is 123. The minimum absolute atomic E-state index is 1.36. The quantitative estimate of drug-likeness (QED) is 0.254. The van der Waals surface area contributed by atoms with Gasteiger partial charge in [0.25, 0.3) is 0 Å². The van der Waals surface area contributed by atoms with Gasteiger partial charge in [-0.2, -0.15) is 0 Å². The highest BCUT2D eigenvalue weighted by atomic mass is 14.0. The molecule has 0 rings (SSSR count). The second-order valence-electron chi connectivity index (χ2n) is 6.11. The smallest absolute Gasteiger partial charge is 0.0386 e. The Balaban J connectivity index is 2.88. The standard InChI is InChI=1S/C19H39/c1-3-5-7-9-11-13-15-17-19-18-16-14-12-10-8-6-4-2/h17H,3-16,18-19H2,1-2H3. The zero-order chi connectivity index (χ0) is 14.0. The number of hydrogen-bond acceptors (Lipinski definition) is 0. The Hall–Kier alpha value is 0. The predicted octanol–water partition coefficient (Wildman–Crippen LogP) is 7.47. The summed E-state index contributed by atoms with van der Waals surface area (Å²) in [5.41, 5.74) is 0. The average Bonchev–Trinajstić information content (AvgIpc) is 2.43. The fourth-order valence-corrected chi connectivity index (χ4v) is 2.64. The molecule has 0 saturated heterocycles. The van der Waals surface area contributed by atoms with Crippen LogP contribution in [0.3, 0.4) is 0 Å². The highest BCUT2D eigenvalue weighted by molar-refractivity contribution is 4.64. The van der Waals surface area contributed by atoms with Crippen LogP contribution in [-0.2, 0) is 0 Å². The minimum Gasteiger partial charge on any atom is -0.0654 e. The summed E-state index contributed by atoms with van der Waals surface area (Å²) in [6, 6.07) is 0. The van der Waals surface area contributed by atoms with Crippen LogP contribution in [0.4, 0.5) is 0 Å². The van der Waals surface area contributed by atoms with Crippen LogP contribution < -0.4 is 0 Å². The molecule has 0 unspecified atom stereocenters. The summed E-state index contributed by atoms with van der Waals surface area (Å²) in [6.45, 7) is 4.58. The zero-order valence-corrected chi connectivity index (χ0v) is 13.9. The van der Waals surface area contributed by atoms with Gasteiger partial charge in [-0.25, -0.2) is 0 Å². The van der Waals surface area contributed by atoms with E-state index in [9.17, 15) is 0 Å². The molecule has 1 radical (unpaired) electrons. The second-order valence-corrected chi connectivity index (χ2v) is 6.11. The van der Waals surface area contributed by atoms with Crippen molar-refractivity contribution in [1.29, 1.82) is 0 Å². The first kappa shape index (κ1) is 19.0. The van der Waals surface area contributed by atoms with Crippen LogP contribution in [0.15, 0.2) is 0 Å². The number of rotatable bonds is 16. The van der Waals surface area contributed by atoms with E-state index in [0.717, 1.165) is 0 Å². The van der Waals surface area contributed by atoms with Gasteiger partial charge in [-0.1, -0.05) is 117 Å². The van der Waals surface area contributed by atoms with Gasteiger partial charge < -0.3 is 0 Å². The Morgan fingerprint density at radius 2 is 0.737 bits per heavy atom. The highest BCUT2D eigenvalue weighted by Crippen LogP contribution is 2.13. The normalized spacial score (nSPS) is 11.1. The van der Waals surface area contributed by atoms with Crippen molar-refractivity contribution in [3.63, 3.8) is 0 Å². The lowest BCUT2D eigenvalue weighted by atomic mass is 10.0. The van der Waals surface area contributed by atoms with Crippen molar-refractivity contribution in [3.05, 3.63) is 6.42 Å². The number of hydrogen-bond donors (Lipinski definition) is 0. The van der Waals surface area contributed by atoms with Gasteiger partial charge in [0.05, 0.1) is 0 Å². The van der Waals surface area contributed by atoms with Crippen molar-refractivity contribution in [2.45, 2.75) is 117 Å². The molecule has 0 aromatic heterocycles. The third-order valence-electron chi connectivity index (χ3n) is 4.02. The molecule has 0 aromatic rings. The maximum atomic E-state index is 2.54. The fourth-order valence-electron chi connectivity index (χ4n) is 2.64. The SMILES string of the molecule is CCCCCCCC[CH]CCCCCCCCCC. The summed E-state index contributed by atoms with van der Waals surface area (Å²) >= 11 is 0. The van der Waals surface area contributed by atoms with Crippen molar-refractivity contribution >= 4 is 0 Å². The van der Waals surface area contributed by atoms with E-state index in [0.29, 0.717) is 0 Å². The van der Waals surface area contributed by atoms with Crippen molar-refractivity contribution in [1.82, 2.24) is 0 Å². The first-order valence-corrected chi connectivity index (χ1v) is 9.23. The summed E-state index contributed by atoms with van der Waals surface area (Å²) in [5, 5.41) is 0. The molecule has 0 heteroatoms. The monoisotopic (exact) mass is 267 g/mol. The molecular weight excluding hydrogens is 228 g/mol. The third-order valence-corrected chi connectivity index (χ3v) is 4.02. The van der Waals surface area contributed by atoms with Crippen molar-refractivity contribution in [3.8, 4) is 0 Å². The molecule has 0 atom stereocenters. The van der Waals surface area contributed by atoms with Gasteiger partial charge in [0, 0.05) is 0 Å². The first-order valence-electron chi connectivity index (χ1n) is 9.23. The summed E-state index contributed by atoms with van der Waals surface area (Å²) in [4.78, 5) is 0. The van der Waals surface area contributed by atoms with Gasteiger partial charge in [0.2, 0.25) is 0 Å². The molecule has 115 valence electrons. The maximum Gasteiger partial charge on any atom is -0.0386 e. The fraction of sp³-hybridized carbons (Fsp3) is 0.947. The van der Waals surface area contributed by atoms with Gasteiger partial charge >= 0.3 is 0 Å². The summed E-state index contributed by atoms with van der Waals surface area (Å²) in [7, 11) is 0. The van der Waals surface area contributed by atoms with Crippen LogP contribution in [0, 0.1) is 6.42 Å². The largest absolute Gasteiger partial charge is 0.0654 e. The first-order chi connectivity index (χ1) is 9.41. The minimum atomic E-state index is 1.36. The van der Waals surface area contributed by atoms with E-state index >= 15 is 0 Å². The molecule has 0 N–H and O–H groups in total. The van der Waals surface area contributed by atoms with Crippen LogP contribution in [0.5, 0.6) is 0 Å². The predicted molar refractivity (Wildman–Crippen MR) is 89.5 cm³/mol. The average molecular weight is 268 g/mol. The lowest BCUT2D eigenvalue weighted by molar-refractivity contribution is 0.565. The molecule has 0 aromatic carbocycles. The third kappa shape index (κ3) is 18.0. The van der Waals surface area contributed by atoms with Gasteiger partial charge in [-0.05, 0) is 6.42 Å². The lowest BCUT2D eigenvalue weighted by Gasteiger charge is -2.03. The Kier molecular flexibility index (Phi) is 18.0. The van der Waals surface area contributed by atoms with Crippen LogP contribution in [-0.4, -0.2) is 0 Å². The van der Waals surface area contributed by atoms with Crippen LogP contribution in [0.25, 0.3) is 0 Å². The summed E-state index contributed by atoms with van der Waals surface area (Å²) < 4.78 is 0. The van der Waals surface area contributed by atoms with Gasteiger partial charge in [0.1, 0.15) is 0 Å². The molecule has 0 fully saturated rings. The molecule has 0 amide bonds. The Labute approximate surface area is 123 Å². The van der Waals surface area contributed by atoms with Gasteiger partial charge in [-0.15, -0.1) is 0 Å². The molecule has 19 heavy (non-hydrogen) atoms. The van der Waals surface area contributed by atoms with Crippen LogP contribution in [0.2, 0.25) is 0 Å². The molecule has 0 nitrogen and oxygen atoms in total. The molecule has 0 aliphatic carbocycles. The van der Waals surface area contributed by atoms with E-state index in [1.54, 1.807) is 0 Å². The van der Waals surface area contributed by atoms with Crippen molar-refractivity contribution in [2.75, 3.05) is 0 Å².